The maximum Gasteiger partial charge on any atom is 0.317 e. The molecule has 1 saturated carbocycles. The van der Waals surface area contributed by atoms with Crippen molar-refractivity contribution in [3.63, 3.8) is 0 Å². The summed E-state index contributed by atoms with van der Waals surface area (Å²) in [6.45, 7) is 2.77. The van der Waals surface area contributed by atoms with Crippen LogP contribution in [0.15, 0.2) is 28.8 Å². The Hall–Kier alpha value is -2.61. The summed E-state index contributed by atoms with van der Waals surface area (Å²) in [6, 6.07) is 8.11. The van der Waals surface area contributed by atoms with Crippen molar-refractivity contribution in [2.45, 2.75) is 63.0 Å². The molecule has 1 aliphatic carbocycles. The number of aromatic nitrogens is 2. The average Bonchev–Trinajstić information content (AvgIpc) is 3.57. The van der Waals surface area contributed by atoms with Crippen molar-refractivity contribution in [1.82, 2.24) is 20.4 Å². The van der Waals surface area contributed by atoms with Crippen LogP contribution in [0.2, 0.25) is 0 Å². The molecule has 5 rings (SSSR count). The number of hydrogen-bond acceptors (Lipinski definition) is 6. The van der Waals surface area contributed by atoms with E-state index in [2.05, 4.69) is 15.5 Å². The lowest BCUT2D eigenvalue weighted by molar-refractivity contribution is 0.0830. The Morgan fingerprint density at radius 3 is 2.74 bits per heavy atom. The molecule has 2 amide bonds. The van der Waals surface area contributed by atoms with E-state index in [0.717, 1.165) is 56.7 Å². The van der Waals surface area contributed by atoms with Gasteiger partial charge in [0, 0.05) is 38.1 Å². The van der Waals surface area contributed by atoms with Crippen molar-refractivity contribution in [2.75, 3.05) is 26.3 Å². The van der Waals surface area contributed by atoms with Crippen LogP contribution in [-0.4, -0.2) is 59.5 Å². The first kappa shape index (κ1) is 20.3. The molecule has 31 heavy (non-hydrogen) atoms. The van der Waals surface area contributed by atoms with Crippen molar-refractivity contribution in [3.05, 3.63) is 30.1 Å². The smallest absolute Gasteiger partial charge is 0.317 e. The highest BCUT2D eigenvalue weighted by molar-refractivity contribution is 5.75. The van der Waals surface area contributed by atoms with Crippen LogP contribution in [-0.2, 0) is 4.74 Å². The molecule has 1 atom stereocenters. The molecule has 3 aliphatic rings. The van der Waals surface area contributed by atoms with Gasteiger partial charge in [0.05, 0.1) is 12.1 Å². The Labute approximate surface area is 182 Å². The number of rotatable bonds is 5. The second-order valence-corrected chi connectivity index (χ2v) is 8.75. The second-order valence-electron chi connectivity index (χ2n) is 8.75. The van der Waals surface area contributed by atoms with E-state index in [1.807, 2.05) is 29.2 Å². The predicted molar refractivity (Wildman–Crippen MR) is 114 cm³/mol. The van der Waals surface area contributed by atoms with Gasteiger partial charge in [-0.05, 0) is 37.8 Å². The van der Waals surface area contributed by atoms with E-state index >= 15 is 0 Å². The molecule has 3 fully saturated rings. The molecule has 8 heteroatoms. The molecule has 0 bridgehead atoms. The molecule has 1 N–H and O–H groups in total. The summed E-state index contributed by atoms with van der Waals surface area (Å²) in [4.78, 5) is 19.1. The van der Waals surface area contributed by atoms with Gasteiger partial charge in [-0.15, -0.1) is 0 Å². The lowest BCUT2D eigenvalue weighted by Gasteiger charge is -2.21. The fourth-order valence-electron chi connectivity index (χ4n) is 4.74. The summed E-state index contributed by atoms with van der Waals surface area (Å²) in [5.41, 5.74) is 0.794. The quantitative estimate of drug-likeness (QED) is 0.783. The van der Waals surface area contributed by atoms with Crippen molar-refractivity contribution < 1.29 is 18.8 Å². The van der Waals surface area contributed by atoms with Crippen LogP contribution in [0, 0.1) is 0 Å². The topological polar surface area (TPSA) is 89.7 Å². The van der Waals surface area contributed by atoms with Gasteiger partial charge >= 0.3 is 6.03 Å². The van der Waals surface area contributed by atoms with Crippen LogP contribution in [0.1, 0.15) is 56.7 Å². The first-order valence-electron chi connectivity index (χ1n) is 11.5. The maximum absolute atomic E-state index is 12.6. The Balaban J connectivity index is 1.23. The van der Waals surface area contributed by atoms with Crippen molar-refractivity contribution in [2.24, 2.45) is 0 Å². The third-order valence-corrected chi connectivity index (χ3v) is 6.55. The molecule has 1 unspecified atom stereocenters. The zero-order chi connectivity index (χ0) is 21.0. The van der Waals surface area contributed by atoms with Gasteiger partial charge in [0.25, 0.3) is 5.89 Å². The number of hydrogen-bond donors (Lipinski definition) is 1. The van der Waals surface area contributed by atoms with Gasteiger partial charge in [-0.3, -0.25) is 0 Å². The van der Waals surface area contributed by atoms with E-state index < -0.39 is 0 Å². The van der Waals surface area contributed by atoms with E-state index in [4.69, 9.17) is 14.0 Å². The maximum atomic E-state index is 12.6. The summed E-state index contributed by atoms with van der Waals surface area (Å²) >= 11 is 0. The lowest BCUT2D eigenvalue weighted by Crippen LogP contribution is -2.43. The summed E-state index contributed by atoms with van der Waals surface area (Å²) in [7, 11) is 0. The van der Waals surface area contributed by atoms with Crippen LogP contribution in [0.5, 0.6) is 5.75 Å². The van der Waals surface area contributed by atoms with Gasteiger partial charge in [-0.2, -0.15) is 4.98 Å². The number of nitrogens with zero attached hydrogens (tertiary/aromatic N) is 3. The van der Waals surface area contributed by atoms with Gasteiger partial charge < -0.3 is 24.2 Å². The SMILES string of the molecule is O=C(NC1CCCC1)N1CCC(Oc2ccccc2-c2nc(C3CCOCC3)no2)C1. The van der Waals surface area contributed by atoms with Crippen LogP contribution >= 0.6 is 0 Å². The second kappa shape index (κ2) is 9.26. The highest BCUT2D eigenvalue weighted by Crippen LogP contribution is 2.33. The van der Waals surface area contributed by atoms with Gasteiger partial charge in [0.2, 0.25) is 0 Å². The zero-order valence-corrected chi connectivity index (χ0v) is 17.8. The standard InChI is InChI=1S/C23H30N4O4/c28-23(24-17-5-1-2-6-17)27-12-9-18(15-27)30-20-8-4-3-7-19(20)22-25-21(26-31-22)16-10-13-29-14-11-16/h3-4,7-8,16-18H,1-2,5-6,9-15H2,(H,24,28). The molecule has 2 saturated heterocycles. The average molecular weight is 427 g/mol. The molecule has 2 aromatic rings. The third-order valence-electron chi connectivity index (χ3n) is 6.55. The third kappa shape index (κ3) is 4.69. The summed E-state index contributed by atoms with van der Waals surface area (Å²) in [5, 5.41) is 7.38. The van der Waals surface area contributed by atoms with Crippen LogP contribution in [0.25, 0.3) is 11.5 Å². The minimum Gasteiger partial charge on any atom is -0.488 e. The first-order chi connectivity index (χ1) is 15.3. The van der Waals surface area contributed by atoms with Gasteiger partial charge in [-0.1, -0.05) is 30.1 Å². The van der Waals surface area contributed by atoms with E-state index in [-0.39, 0.29) is 18.1 Å². The van der Waals surface area contributed by atoms with Gasteiger partial charge in [0.15, 0.2) is 5.82 Å². The number of nitrogens with one attached hydrogen (secondary N) is 1. The van der Waals surface area contributed by atoms with E-state index in [0.29, 0.717) is 30.8 Å². The zero-order valence-electron chi connectivity index (χ0n) is 17.8. The molecule has 0 radical (unpaired) electrons. The molecule has 1 aromatic carbocycles. The molecule has 8 nitrogen and oxygen atoms in total. The monoisotopic (exact) mass is 426 g/mol. The van der Waals surface area contributed by atoms with Crippen molar-refractivity contribution in [1.29, 1.82) is 0 Å². The Bertz CT molecular complexity index is 889. The Morgan fingerprint density at radius 1 is 1.10 bits per heavy atom. The number of amides is 2. The molecule has 2 aliphatic heterocycles. The Morgan fingerprint density at radius 2 is 1.90 bits per heavy atom. The molecular formula is C23H30N4O4. The summed E-state index contributed by atoms with van der Waals surface area (Å²) in [6.07, 6.45) is 7.19. The van der Waals surface area contributed by atoms with Crippen molar-refractivity contribution in [3.8, 4) is 17.2 Å². The highest BCUT2D eigenvalue weighted by Gasteiger charge is 2.30. The lowest BCUT2D eigenvalue weighted by atomic mass is 10.00. The summed E-state index contributed by atoms with van der Waals surface area (Å²) < 4.78 is 17.3. The number of carbonyl (C=O) groups excluding carboxylic acids is 1. The molecule has 0 spiro atoms. The highest BCUT2D eigenvalue weighted by atomic mass is 16.5. The van der Waals surface area contributed by atoms with E-state index in [9.17, 15) is 4.79 Å². The minimum absolute atomic E-state index is 0.0317. The molecule has 1 aromatic heterocycles. The summed E-state index contributed by atoms with van der Waals surface area (Å²) in [5.74, 6) is 2.21. The van der Waals surface area contributed by atoms with Crippen LogP contribution < -0.4 is 10.1 Å². The number of ether oxygens (including phenoxy) is 2. The number of likely N-dealkylation sites (tertiary alicyclic amines) is 1. The normalized spacial score (nSPS) is 22.7. The minimum atomic E-state index is -0.0478. The largest absolute Gasteiger partial charge is 0.488 e. The number of para-hydroxylation sites is 1. The van der Waals surface area contributed by atoms with E-state index in [1.165, 1.54) is 12.8 Å². The molecular weight excluding hydrogens is 396 g/mol. The Kier molecular flexibility index (Phi) is 6.06. The van der Waals surface area contributed by atoms with Crippen LogP contribution in [0.3, 0.4) is 0 Å². The van der Waals surface area contributed by atoms with Crippen molar-refractivity contribution >= 4 is 6.03 Å². The van der Waals surface area contributed by atoms with E-state index in [1.54, 1.807) is 0 Å². The first-order valence-corrected chi connectivity index (χ1v) is 11.5. The fourth-order valence-corrected chi connectivity index (χ4v) is 4.74. The molecule has 166 valence electrons. The number of carbonyl (C=O) groups is 1. The number of benzene rings is 1. The van der Waals surface area contributed by atoms with Gasteiger partial charge in [0.1, 0.15) is 11.9 Å². The van der Waals surface area contributed by atoms with Gasteiger partial charge in [-0.25, -0.2) is 4.79 Å². The molecule has 3 heterocycles. The fraction of sp³-hybridized carbons (Fsp3) is 0.609. The van der Waals surface area contributed by atoms with Crippen LogP contribution in [0.4, 0.5) is 4.79 Å². The number of urea groups is 1. The predicted octanol–water partition coefficient (Wildman–Crippen LogP) is 3.74.